The lowest BCUT2D eigenvalue weighted by atomic mass is 10.1. The Morgan fingerprint density at radius 2 is 1.75 bits per heavy atom. The van der Waals surface area contributed by atoms with Crippen molar-refractivity contribution in [3.63, 3.8) is 0 Å². The van der Waals surface area contributed by atoms with Crippen molar-refractivity contribution in [2.24, 2.45) is 0 Å². The molecule has 2 aromatic carbocycles. The van der Waals surface area contributed by atoms with E-state index < -0.39 is 0 Å². The molecular formula is C16H13NO3. The number of aromatic nitrogens is 1. The summed E-state index contributed by atoms with van der Waals surface area (Å²) in [4.78, 5) is 4.02. The number of oxazole rings is 1. The van der Waals surface area contributed by atoms with Crippen LogP contribution in [0.3, 0.4) is 0 Å². The fourth-order valence-electron chi connectivity index (χ4n) is 1.91. The Bertz CT molecular complexity index is 692. The van der Waals surface area contributed by atoms with Crippen molar-refractivity contribution in [1.82, 2.24) is 4.98 Å². The molecule has 3 aromatic rings. The van der Waals surface area contributed by atoms with Gasteiger partial charge in [0, 0.05) is 5.56 Å². The normalized spacial score (nSPS) is 10.4. The quantitative estimate of drug-likeness (QED) is 0.784. The molecule has 4 heteroatoms. The molecule has 3 rings (SSSR count). The lowest BCUT2D eigenvalue weighted by molar-refractivity contribution is 0.276. The SMILES string of the molecule is OCc1coc(Oc2ccccc2-c2ccccc2)n1. The molecule has 4 nitrogen and oxygen atoms in total. The second-order valence-electron chi connectivity index (χ2n) is 4.23. The van der Waals surface area contributed by atoms with Crippen LogP contribution in [0.15, 0.2) is 65.3 Å². The summed E-state index contributed by atoms with van der Waals surface area (Å²) in [5, 5.41) is 8.97. The first-order valence-corrected chi connectivity index (χ1v) is 6.24. The maximum Gasteiger partial charge on any atom is 0.399 e. The summed E-state index contributed by atoms with van der Waals surface area (Å²) in [6.07, 6.45) is 1.50. The van der Waals surface area contributed by atoms with E-state index in [9.17, 15) is 0 Å². The van der Waals surface area contributed by atoms with Crippen molar-refractivity contribution < 1.29 is 14.3 Å². The van der Waals surface area contributed by atoms with Gasteiger partial charge >= 0.3 is 6.08 Å². The summed E-state index contributed by atoms with van der Waals surface area (Å²) in [6.45, 7) is -0.173. The summed E-state index contributed by atoms with van der Waals surface area (Å²) < 4.78 is 10.8. The molecule has 0 unspecified atom stereocenters. The first-order valence-electron chi connectivity index (χ1n) is 6.24. The molecule has 1 aromatic heterocycles. The van der Waals surface area contributed by atoms with Crippen LogP contribution in [0.25, 0.3) is 11.1 Å². The number of hydrogen-bond donors (Lipinski definition) is 1. The lowest BCUT2D eigenvalue weighted by Crippen LogP contribution is -1.89. The number of nitrogens with zero attached hydrogens (tertiary/aromatic N) is 1. The zero-order valence-electron chi connectivity index (χ0n) is 10.7. The molecule has 0 spiro atoms. The van der Waals surface area contributed by atoms with Gasteiger partial charge < -0.3 is 14.3 Å². The molecule has 100 valence electrons. The van der Waals surface area contributed by atoms with Gasteiger partial charge in [0.15, 0.2) is 0 Å². The van der Waals surface area contributed by atoms with Gasteiger partial charge in [0.2, 0.25) is 0 Å². The van der Waals surface area contributed by atoms with Gasteiger partial charge in [0.25, 0.3) is 0 Å². The van der Waals surface area contributed by atoms with Gasteiger partial charge in [-0.05, 0) is 11.6 Å². The van der Waals surface area contributed by atoms with E-state index in [0.717, 1.165) is 11.1 Å². The van der Waals surface area contributed by atoms with E-state index >= 15 is 0 Å². The van der Waals surface area contributed by atoms with Crippen LogP contribution in [0.5, 0.6) is 11.8 Å². The summed E-state index contributed by atoms with van der Waals surface area (Å²) in [7, 11) is 0. The van der Waals surface area contributed by atoms with Gasteiger partial charge in [-0.15, -0.1) is 0 Å². The third-order valence-corrected chi connectivity index (χ3v) is 2.86. The van der Waals surface area contributed by atoms with Crippen molar-refractivity contribution in [2.75, 3.05) is 0 Å². The number of aliphatic hydroxyl groups excluding tert-OH is 1. The molecule has 0 amide bonds. The van der Waals surface area contributed by atoms with Crippen molar-refractivity contribution >= 4 is 0 Å². The molecule has 0 aliphatic heterocycles. The molecule has 0 radical (unpaired) electrons. The molecule has 0 bridgehead atoms. The highest BCUT2D eigenvalue weighted by atomic mass is 16.6. The highest BCUT2D eigenvalue weighted by molar-refractivity contribution is 5.70. The molecule has 1 N–H and O–H groups in total. The van der Waals surface area contributed by atoms with Crippen LogP contribution in [-0.2, 0) is 6.61 Å². The zero-order valence-corrected chi connectivity index (χ0v) is 10.7. The predicted octanol–water partition coefficient (Wildman–Crippen LogP) is 3.63. The topological polar surface area (TPSA) is 55.5 Å². The van der Waals surface area contributed by atoms with Crippen molar-refractivity contribution in [1.29, 1.82) is 0 Å². The maximum atomic E-state index is 8.97. The number of benzene rings is 2. The van der Waals surface area contributed by atoms with Crippen LogP contribution in [-0.4, -0.2) is 10.1 Å². The first-order chi connectivity index (χ1) is 9.86. The zero-order chi connectivity index (χ0) is 13.8. The standard InChI is InChI=1S/C16H13NO3/c18-10-13-11-19-16(17-13)20-15-9-5-4-8-14(15)12-6-2-1-3-7-12/h1-9,11,18H,10H2. The molecule has 0 saturated heterocycles. The Hall–Kier alpha value is -2.59. The summed E-state index contributed by atoms with van der Waals surface area (Å²) in [6, 6.07) is 17.6. The monoisotopic (exact) mass is 267 g/mol. The van der Waals surface area contributed by atoms with Gasteiger partial charge in [-0.1, -0.05) is 48.5 Å². The third-order valence-electron chi connectivity index (χ3n) is 2.86. The van der Waals surface area contributed by atoms with Crippen molar-refractivity contribution in [3.05, 3.63) is 66.6 Å². The Balaban J connectivity index is 1.94. The Morgan fingerprint density at radius 1 is 1.00 bits per heavy atom. The smallest absolute Gasteiger partial charge is 0.399 e. The molecule has 1 heterocycles. The minimum Gasteiger partial charge on any atom is -0.417 e. The van der Waals surface area contributed by atoms with Crippen LogP contribution in [0.4, 0.5) is 0 Å². The van der Waals surface area contributed by atoms with Crippen LogP contribution < -0.4 is 4.74 Å². The fourth-order valence-corrected chi connectivity index (χ4v) is 1.91. The first kappa shape index (κ1) is 12.4. The summed E-state index contributed by atoms with van der Waals surface area (Å²) in [5.74, 6) is 0.657. The van der Waals surface area contributed by atoms with E-state index in [4.69, 9.17) is 14.3 Å². The number of hydrogen-bond acceptors (Lipinski definition) is 4. The summed E-state index contributed by atoms with van der Waals surface area (Å²) in [5.41, 5.74) is 2.45. The van der Waals surface area contributed by atoms with Gasteiger partial charge in [-0.25, -0.2) is 0 Å². The largest absolute Gasteiger partial charge is 0.417 e. The average molecular weight is 267 g/mol. The number of rotatable bonds is 4. The molecule has 0 aliphatic carbocycles. The molecule has 0 atom stereocenters. The van der Waals surface area contributed by atoms with Gasteiger partial charge in [-0.2, -0.15) is 4.98 Å². The predicted molar refractivity (Wildman–Crippen MR) is 74.4 cm³/mol. The third kappa shape index (κ3) is 2.55. The number of para-hydroxylation sites is 1. The minimum atomic E-state index is -0.173. The fraction of sp³-hybridized carbons (Fsp3) is 0.0625. The van der Waals surface area contributed by atoms with E-state index in [1.807, 2.05) is 54.6 Å². The Kier molecular flexibility index (Phi) is 3.48. The molecule has 0 fully saturated rings. The van der Waals surface area contributed by atoms with Crippen LogP contribution >= 0.6 is 0 Å². The molecule has 0 saturated carbocycles. The molecule has 20 heavy (non-hydrogen) atoms. The van der Waals surface area contributed by atoms with Crippen molar-refractivity contribution in [2.45, 2.75) is 6.61 Å². The van der Waals surface area contributed by atoms with E-state index in [-0.39, 0.29) is 12.7 Å². The van der Waals surface area contributed by atoms with Gasteiger partial charge in [0.05, 0.1) is 6.61 Å². The van der Waals surface area contributed by atoms with Crippen LogP contribution in [0, 0.1) is 0 Å². The average Bonchev–Trinajstić information content (AvgIpc) is 2.96. The van der Waals surface area contributed by atoms with Crippen molar-refractivity contribution in [3.8, 4) is 23.0 Å². The minimum absolute atomic E-state index is 0.123. The Labute approximate surface area is 116 Å². The Morgan fingerprint density at radius 3 is 2.50 bits per heavy atom. The van der Waals surface area contributed by atoms with E-state index in [2.05, 4.69) is 4.98 Å². The van der Waals surface area contributed by atoms with Gasteiger partial charge in [0.1, 0.15) is 17.7 Å². The maximum absolute atomic E-state index is 8.97. The second kappa shape index (κ2) is 5.59. The van der Waals surface area contributed by atoms with Gasteiger partial charge in [-0.3, -0.25) is 0 Å². The lowest BCUT2D eigenvalue weighted by Gasteiger charge is -2.08. The number of aliphatic hydroxyl groups is 1. The second-order valence-corrected chi connectivity index (χ2v) is 4.23. The van der Waals surface area contributed by atoms with Crippen LogP contribution in [0.2, 0.25) is 0 Å². The molecular weight excluding hydrogens is 254 g/mol. The summed E-state index contributed by atoms with van der Waals surface area (Å²) >= 11 is 0. The van der Waals surface area contributed by atoms with Crippen LogP contribution in [0.1, 0.15) is 5.69 Å². The van der Waals surface area contributed by atoms with E-state index in [1.54, 1.807) is 0 Å². The number of ether oxygens (including phenoxy) is 1. The highest BCUT2D eigenvalue weighted by Gasteiger charge is 2.10. The van der Waals surface area contributed by atoms with E-state index in [0.29, 0.717) is 11.4 Å². The highest BCUT2D eigenvalue weighted by Crippen LogP contribution is 2.32. The molecule has 0 aliphatic rings. The van der Waals surface area contributed by atoms with E-state index in [1.165, 1.54) is 6.26 Å².